The van der Waals surface area contributed by atoms with Crippen molar-refractivity contribution in [3.8, 4) is 11.5 Å². The average Bonchev–Trinajstić information content (AvgIpc) is 3.50. The fraction of sp³-hybridized carbons (Fsp3) is 0.632. The number of ether oxygens (including phenoxy) is 2. The van der Waals surface area contributed by atoms with Gasteiger partial charge in [-0.1, -0.05) is 0 Å². The molecule has 1 aliphatic heterocycles. The first-order valence-corrected chi connectivity index (χ1v) is 9.55. The van der Waals surface area contributed by atoms with Gasteiger partial charge in [-0.05, 0) is 45.1 Å². The van der Waals surface area contributed by atoms with Crippen LogP contribution in [0.25, 0.3) is 0 Å². The van der Waals surface area contributed by atoms with E-state index in [0.717, 1.165) is 25.3 Å². The van der Waals surface area contributed by atoms with Crippen LogP contribution in [0.15, 0.2) is 12.1 Å². The van der Waals surface area contributed by atoms with E-state index in [1.165, 1.54) is 32.1 Å². The maximum absolute atomic E-state index is 12.9. The van der Waals surface area contributed by atoms with E-state index in [-0.39, 0.29) is 22.9 Å². The number of carbonyl (C=O) groups excluding carboxylic acids is 1. The topological polar surface area (TPSA) is 93.9 Å². The van der Waals surface area contributed by atoms with Crippen molar-refractivity contribution in [2.75, 3.05) is 33.4 Å². The third kappa shape index (κ3) is 4.68. The monoisotopic (exact) mass is 377 g/mol. The summed E-state index contributed by atoms with van der Waals surface area (Å²) >= 11 is 0. The van der Waals surface area contributed by atoms with E-state index < -0.39 is 4.92 Å². The van der Waals surface area contributed by atoms with Crippen LogP contribution in [0.5, 0.6) is 11.5 Å². The number of nitro benzene ring substituents is 1. The van der Waals surface area contributed by atoms with Crippen LogP contribution in [0.2, 0.25) is 0 Å². The number of nitrogens with zero attached hydrogens (tertiary/aromatic N) is 2. The van der Waals surface area contributed by atoms with Gasteiger partial charge in [-0.25, -0.2) is 0 Å². The third-order valence-electron chi connectivity index (χ3n) is 5.18. The van der Waals surface area contributed by atoms with Gasteiger partial charge in [-0.15, -0.1) is 0 Å². The van der Waals surface area contributed by atoms with Gasteiger partial charge in [-0.3, -0.25) is 14.9 Å². The summed E-state index contributed by atoms with van der Waals surface area (Å²) < 4.78 is 10.7. The molecule has 1 N–H and O–H groups in total. The average molecular weight is 377 g/mol. The maximum atomic E-state index is 12.9. The van der Waals surface area contributed by atoms with Crippen LogP contribution in [-0.2, 0) is 0 Å². The van der Waals surface area contributed by atoms with Crippen LogP contribution in [-0.4, -0.2) is 55.1 Å². The smallest absolute Gasteiger partial charge is 0.286 e. The molecular weight excluding hydrogens is 350 g/mol. The minimum atomic E-state index is -0.543. The summed E-state index contributed by atoms with van der Waals surface area (Å²) in [5, 5.41) is 15.1. The Balaban J connectivity index is 1.72. The fourth-order valence-corrected chi connectivity index (χ4v) is 3.41. The van der Waals surface area contributed by atoms with Crippen LogP contribution in [0, 0.1) is 16.0 Å². The lowest BCUT2D eigenvalue weighted by Gasteiger charge is -2.32. The molecule has 3 rings (SSSR count). The molecule has 0 bridgehead atoms. The molecule has 1 saturated heterocycles. The number of hydrogen-bond acceptors (Lipinski definition) is 6. The first kappa shape index (κ1) is 19.4. The predicted octanol–water partition coefficient (Wildman–Crippen LogP) is 2.61. The summed E-state index contributed by atoms with van der Waals surface area (Å²) in [6.45, 7) is 4.37. The largest absolute Gasteiger partial charge is 0.493 e. The second kappa shape index (κ2) is 8.56. The summed E-state index contributed by atoms with van der Waals surface area (Å²) in [6, 6.07) is 3.11. The summed E-state index contributed by atoms with van der Waals surface area (Å²) in [5.41, 5.74) is -0.206. The number of piperidine rings is 1. The van der Waals surface area contributed by atoms with Crippen molar-refractivity contribution in [2.45, 2.75) is 38.6 Å². The van der Waals surface area contributed by atoms with Gasteiger partial charge in [-0.2, -0.15) is 0 Å². The molecule has 1 amide bonds. The Labute approximate surface area is 159 Å². The zero-order valence-electron chi connectivity index (χ0n) is 15.9. The fourth-order valence-electron chi connectivity index (χ4n) is 3.41. The third-order valence-corrected chi connectivity index (χ3v) is 5.18. The Kier molecular flexibility index (Phi) is 6.15. The number of likely N-dealkylation sites (tertiary alicyclic amines) is 1. The lowest BCUT2D eigenvalue weighted by molar-refractivity contribution is -0.385. The Morgan fingerprint density at radius 3 is 2.52 bits per heavy atom. The van der Waals surface area contributed by atoms with Gasteiger partial charge in [0, 0.05) is 25.2 Å². The molecule has 148 valence electrons. The first-order chi connectivity index (χ1) is 13.0. The highest BCUT2D eigenvalue weighted by Crippen LogP contribution is 2.35. The van der Waals surface area contributed by atoms with E-state index in [9.17, 15) is 14.9 Å². The Morgan fingerprint density at radius 2 is 1.96 bits per heavy atom. The quantitative estimate of drug-likeness (QED) is 0.553. The van der Waals surface area contributed by atoms with Crippen molar-refractivity contribution in [3.63, 3.8) is 0 Å². The second-order valence-electron chi connectivity index (χ2n) is 7.13. The first-order valence-electron chi connectivity index (χ1n) is 9.55. The summed E-state index contributed by atoms with van der Waals surface area (Å²) in [6.07, 6.45) is 4.35. The molecule has 1 aliphatic carbocycles. The highest BCUT2D eigenvalue weighted by Gasteiger charge is 2.31. The number of carbonyl (C=O) groups is 1. The molecule has 0 spiro atoms. The summed E-state index contributed by atoms with van der Waals surface area (Å²) in [5.74, 6) is 1.09. The Hall–Kier alpha value is -2.35. The van der Waals surface area contributed by atoms with Gasteiger partial charge in [0.1, 0.15) is 5.56 Å². The molecule has 8 heteroatoms. The normalized spacial score (nSPS) is 17.6. The van der Waals surface area contributed by atoms with E-state index in [1.54, 1.807) is 11.8 Å². The number of nitro groups is 1. The zero-order valence-corrected chi connectivity index (χ0v) is 15.9. The molecule has 2 aliphatic rings. The second-order valence-corrected chi connectivity index (χ2v) is 7.13. The minimum Gasteiger partial charge on any atom is -0.493 e. The molecule has 1 aromatic carbocycles. The Bertz CT molecular complexity index is 697. The lowest BCUT2D eigenvalue weighted by atomic mass is 10.0. The molecule has 1 saturated carbocycles. The van der Waals surface area contributed by atoms with Gasteiger partial charge in [0.2, 0.25) is 0 Å². The van der Waals surface area contributed by atoms with Gasteiger partial charge < -0.3 is 19.7 Å². The van der Waals surface area contributed by atoms with Crippen molar-refractivity contribution in [1.29, 1.82) is 0 Å². The molecule has 0 radical (unpaired) electrons. The number of methoxy groups -OCH3 is 1. The van der Waals surface area contributed by atoms with Crippen LogP contribution in [0.1, 0.15) is 43.0 Å². The standard InChI is InChI=1S/C19H27N3O5/c1-3-27-18-11-16(22(24)25)15(10-17(18)26-2)19(23)21-8-6-14(7-9-21)20-12-13-4-5-13/h10-11,13-14,20H,3-9,12H2,1-2H3. The van der Waals surface area contributed by atoms with Crippen molar-refractivity contribution in [2.24, 2.45) is 5.92 Å². The number of amides is 1. The van der Waals surface area contributed by atoms with E-state index in [0.29, 0.717) is 31.5 Å². The summed E-state index contributed by atoms with van der Waals surface area (Å²) in [4.78, 5) is 25.6. The van der Waals surface area contributed by atoms with Crippen LogP contribution >= 0.6 is 0 Å². The van der Waals surface area contributed by atoms with Crippen molar-refractivity contribution in [1.82, 2.24) is 10.2 Å². The summed E-state index contributed by atoms with van der Waals surface area (Å²) in [7, 11) is 1.45. The van der Waals surface area contributed by atoms with Crippen molar-refractivity contribution in [3.05, 3.63) is 27.8 Å². The minimum absolute atomic E-state index is 0.0460. The molecule has 27 heavy (non-hydrogen) atoms. The SMILES string of the molecule is CCOc1cc([N+](=O)[O-])c(C(=O)N2CCC(NCC3CC3)CC2)cc1OC. The van der Waals surface area contributed by atoms with E-state index >= 15 is 0 Å². The van der Waals surface area contributed by atoms with E-state index in [4.69, 9.17) is 9.47 Å². The van der Waals surface area contributed by atoms with Gasteiger partial charge in [0.15, 0.2) is 11.5 Å². The van der Waals surface area contributed by atoms with E-state index in [2.05, 4.69) is 5.32 Å². The molecule has 0 aromatic heterocycles. The van der Waals surface area contributed by atoms with Gasteiger partial charge in [0.05, 0.1) is 24.7 Å². The number of hydrogen-bond donors (Lipinski definition) is 1. The van der Waals surface area contributed by atoms with Gasteiger partial charge >= 0.3 is 0 Å². The molecule has 2 fully saturated rings. The molecule has 1 heterocycles. The predicted molar refractivity (Wildman–Crippen MR) is 100 cm³/mol. The number of rotatable bonds is 8. The lowest BCUT2D eigenvalue weighted by Crippen LogP contribution is -2.45. The van der Waals surface area contributed by atoms with Crippen molar-refractivity contribution < 1.29 is 19.2 Å². The highest BCUT2D eigenvalue weighted by molar-refractivity contribution is 5.99. The maximum Gasteiger partial charge on any atom is 0.286 e. The molecule has 0 unspecified atom stereocenters. The van der Waals surface area contributed by atoms with E-state index in [1.807, 2.05) is 0 Å². The van der Waals surface area contributed by atoms with Crippen molar-refractivity contribution >= 4 is 11.6 Å². The highest BCUT2D eigenvalue weighted by atomic mass is 16.6. The Morgan fingerprint density at radius 1 is 1.26 bits per heavy atom. The van der Waals surface area contributed by atoms with Crippen LogP contribution < -0.4 is 14.8 Å². The molecular formula is C19H27N3O5. The number of benzene rings is 1. The molecule has 8 nitrogen and oxygen atoms in total. The van der Waals surface area contributed by atoms with Crippen LogP contribution in [0.4, 0.5) is 5.69 Å². The number of nitrogens with one attached hydrogen (secondary N) is 1. The van der Waals surface area contributed by atoms with Crippen LogP contribution in [0.3, 0.4) is 0 Å². The molecule has 0 atom stereocenters. The molecule has 1 aromatic rings. The van der Waals surface area contributed by atoms with Gasteiger partial charge in [0.25, 0.3) is 11.6 Å². The zero-order chi connectivity index (χ0) is 19.4.